The number of anilines is 2. The molecule has 7 nitrogen and oxygen atoms in total. The molecule has 0 saturated carbocycles. The van der Waals surface area contributed by atoms with E-state index in [1.54, 1.807) is 17.5 Å². The van der Waals surface area contributed by atoms with Crippen molar-refractivity contribution < 1.29 is 32.2 Å². The van der Waals surface area contributed by atoms with Gasteiger partial charge < -0.3 is 9.80 Å². The standard InChI is InChI=1S/C21H18F4N4O3S2.H2/c22-18-13-14(21(23,24)25)1-6-17(18)19(30)29-10-8-28(9-11-29)15-2-4-16(5-3-15)34(31,32)27-20-26-7-12-33-20;/h1-7,12-13H,8-11H2,(H,26,27);1H. The van der Waals surface area contributed by atoms with Gasteiger partial charge in [-0.2, -0.15) is 13.2 Å². The smallest absolute Gasteiger partial charge is 0.368 e. The minimum absolute atomic E-state index is 0. The van der Waals surface area contributed by atoms with Crippen molar-refractivity contribution in [3.8, 4) is 0 Å². The van der Waals surface area contributed by atoms with Gasteiger partial charge in [0.15, 0.2) is 5.13 Å². The highest BCUT2D eigenvalue weighted by Gasteiger charge is 2.32. The van der Waals surface area contributed by atoms with E-state index in [0.717, 1.165) is 23.1 Å². The van der Waals surface area contributed by atoms with Crippen molar-refractivity contribution in [2.45, 2.75) is 11.1 Å². The van der Waals surface area contributed by atoms with Gasteiger partial charge in [-0.1, -0.05) is 0 Å². The minimum Gasteiger partial charge on any atom is -0.368 e. The Morgan fingerprint density at radius 2 is 1.74 bits per heavy atom. The number of rotatable bonds is 5. The lowest BCUT2D eigenvalue weighted by atomic mass is 10.1. The van der Waals surface area contributed by atoms with Crippen molar-refractivity contribution in [2.24, 2.45) is 0 Å². The van der Waals surface area contributed by atoms with Crippen molar-refractivity contribution in [3.05, 3.63) is 71.0 Å². The summed E-state index contributed by atoms with van der Waals surface area (Å²) in [4.78, 5) is 19.9. The molecule has 0 spiro atoms. The summed E-state index contributed by atoms with van der Waals surface area (Å²) in [6.45, 7) is 1.23. The van der Waals surface area contributed by atoms with Crippen LogP contribution in [0.1, 0.15) is 17.3 Å². The second-order valence-electron chi connectivity index (χ2n) is 7.41. The Labute approximate surface area is 198 Å². The molecular weight excluding hydrogens is 496 g/mol. The third-order valence-corrected chi connectivity index (χ3v) is 7.43. The first-order chi connectivity index (χ1) is 16.0. The van der Waals surface area contributed by atoms with Gasteiger partial charge in [0.1, 0.15) is 5.82 Å². The lowest BCUT2D eigenvalue weighted by molar-refractivity contribution is -0.137. The minimum atomic E-state index is -4.69. The molecule has 1 aliphatic rings. The number of halogens is 4. The molecule has 0 unspecified atom stereocenters. The highest BCUT2D eigenvalue weighted by molar-refractivity contribution is 7.93. The van der Waals surface area contributed by atoms with Crippen LogP contribution in [-0.2, 0) is 16.2 Å². The van der Waals surface area contributed by atoms with Gasteiger partial charge in [-0.3, -0.25) is 9.52 Å². The third-order valence-electron chi connectivity index (χ3n) is 5.26. The van der Waals surface area contributed by atoms with E-state index in [9.17, 15) is 30.8 Å². The van der Waals surface area contributed by atoms with Crippen LogP contribution in [0.3, 0.4) is 0 Å². The quantitative estimate of drug-likeness (QED) is 0.511. The van der Waals surface area contributed by atoms with E-state index < -0.39 is 39.1 Å². The molecule has 34 heavy (non-hydrogen) atoms. The zero-order valence-electron chi connectivity index (χ0n) is 17.4. The number of alkyl halides is 3. The van der Waals surface area contributed by atoms with Gasteiger partial charge in [-0.15, -0.1) is 11.3 Å². The van der Waals surface area contributed by atoms with Crippen LogP contribution in [0.5, 0.6) is 0 Å². The fourth-order valence-electron chi connectivity index (χ4n) is 3.49. The van der Waals surface area contributed by atoms with Gasteiger partial charge in [0, 0.05) is 44.9 Å². The first-order valence-corrected chi connectivity index (χ1v) is 12.3. The number of amides is 1. The molecule has 0 radical (unpaired) electrons. The van der Waals surface area contributed by atoms with Crippen LogP contribution in [0, 0.1) is 5.82 Å². The molecule has 4 rings (SSSR count). The first-order valence-electron chi connectivity index (χ1n) is 9.98. The highest BCUT2D eigenvalue weighted by Crippen LogP contribution is 2.30. The molecule has 1 saturated heterocycles. The molecule has 1 N–H and O–H groups in total. The Morgan fingerprint density at radius 3 is 2.29 bits per heavy atom. The normalized spacial score (nSPS) is 14.8. The summed E-state index contributed by atoms with van der Waals surface area (Å²) in [5.41, 5.74) is -0.830. The summed E-state index contributed by atoms with van der Waals surface area (Å²) < 4.78 is 79.6. The molecule has 1 amide bonds. The van der Waals surface area contributed by atoms with Crippen LogP contribution in [0.15, 0.2) is 58.9 Å². The van der Waals surface area contributed by atoms with Crippen LogP contribution in [0.25, 0.3) is 0 Å². The Morgan fingerprint density at radius 1 is 1.06 bits per heavy atom. The number of carbonyl (C=O) groups excluding carboxylic acids is 1. The van der Waals surface area contributed by atoms with E-state index in [2.05, 4.69) is 9.71 Å². The summed E-state index contributed by atoms with van der Waals surface area (Å²) in [6, 6.07) is 8.06. The molecule has 13 heteroatoms. The summed E-state index contributed by atoms with van der Waals surface area (Å²) in [5, 5.41) is 1.91. The Kier molecular flexibility index (Phi) is 6.49. The zero-order valence-corrected chi connectivity index (χ0v) is 19.1. The lowest BCUT2D eigenvalue weighted by Crippen LogP contribution is -2.49. The lowest BCUT2D eigenvalue weighted by Gasteiger charge is -2.36. The summed E-state index contributed by atoms with van der Waals surface area (Å²) in [6.07, 6.45) is -3.21. The number of benzene rings is 2. The topological polar surface area (TPSA) is 82.6 Å². The van der Waals surface area contributed by atoms with Gasteiger partial charge in [-0.05, 0) is 42.5 Å². The molecule has 1 aromatic heterocycles. The van der Waals surface area contributed by atoms with Crippen LogP contribution in [0.4, 0.5) is 28.4 Å². The van der Waals surface area contributed by atoms with Crippen LogP contribution in [0.2, 0.25) is 0 Å². The van der Waals surface area contributed by atoms with Crippen molar-refractivity contribution in [1.29, 1.82) is 0 Å². The van der Waals surface area contributed by atoms with E-state index in [1.165, 1.54) is 23.2 Å². The maximum Gasteiger partial charge on any atom is 0.416 e. The van der Waals surface area contributed by atoms with Gasteiger partial charge in [0.25, 0.3) is 15.9 Å². The maximum absolute atomic E-state index is 14.2. The van der Waals surface area contributed by atoms with E-state index in [-0.39, 0.29) is 24.5 Å². The molecule has 3 aromatic rings. The summed E-state index contributed by atoms with van der Waals surface area (Å²) in [7, 11) is -3.78. The molecule has 0 aliphatic carbocycles. The van der Waals surface area contributed by atoms with Crippen molar-refractivity contribution in [3.63, 3.8) is 0 Å². The number of piperazine rings is 1. The first kappa shape index (κ1) is 24.0. The molecule has 2 heterocycles. The van der Waals surface area contributed by atoms with Crippen molar-refractivity contribution in [1.82, 2.24) is 9.88 Å². The highest BCUT2D eigenvalue weighted by atomic mass is 32.2. The van der Waals surface area contributed by atoms with Crippen molar-refractivity contribution in [2.75, 3.05) is 35.8 Å². The molecule has 1 fully saturated rings. The fourth-order valence-corrected chi connectivity index (χ4v) is 5.28. The van der Waals surface area contributed by atoms with Gasteiger partial charge in [0.2, 0.25) is 0 Å². The number of carbonyl (C=O) groups is 1. The molecule has 0 atom stereocenters. The second-order valence-corrected chi connectivity index (χ2v) is 9.99. The maximum atomic E-state index is 14.2. The van der Waals surface area contributed by atoms with Gasteiger partial charge in [0.05, 0.1) is 16.0 Å². The monoisotopic (exact) mass is 516 g/mol. The van der Waals surface area contributed by atoms with E-state index >= 15 is 0 Å². The van der Waals surface area contributed by atoms with Crippen LogP contribution in [-0.4, -0.2) is 50.4 Å². The molecular formula is C21H20F4N4O3S2. The van der Waals surface area contributed by atoms with Gasteiger partial charge >= 0.3 is 6.18 Å². The zero-order chi connectivity index (χ0) is 24.5. The Hall–Kier alpha value is -3.19. The average molecular weight is 517 g/mol. The largest absolute Gasteiger partial charge is 0.416 e. The SMILES string of the molecule is O=C(c1ccc(C(F)(F)F)cc1F)N1CCN(c2ccc(S(=O)(=O)Nc3nccs3)cc2)CC1.[HH]. The number of hydrogen-bond donors (Lipinski definition) is 1. The van der Waals surface area contributed by atoms with E-state index in [4.69, 9.17) is 0 Å². The third kappa shape index (κ3) is 5.14. The van der Waals surface area contributed by atoms with Crippen LogP contribution < -0.4 is 9.62 Å². The Balaban J connectivity index is 0.00000342. The predicted molar refractivity (Wildman–Crippen MR) is 121 cm³/mol. The summed E-state index contributed by atoms with van der Waals surface area (Å²) >= 11 is 1.16. The molecule has 2 aromatic carbocycles. The number of hydrogen-bond acceptors (Lipinski definition) is 6. The predicted octanol–water partition coefficient (Wildman–Crippen LogP) is 4.31. The number of thiazole rings is 1. The fraction of sp³-hybridized carbons (Fsp3) is 0.238. The molecule has 182 valence electrons. The second kappa shape index (κ2) is 9.22. The summed E-state index contributed by atoms with van der Waals surface area (Å²) in [5.74, 6) is -1.90. The number of aromatic nitrogens is 1. The van der Waals surface area contributed by atoms with E-state index in [0.29, 0.717) is 25.2 Å². The van der Waals surface area contributed by atoms with Crippen molar-refractivity contribution >= 4 is 38.1 Å². The van der Waals surface area contributed by atoms with E-state index in [1.807, 2.05) is 4.90 Å². The Bertz CT molecular complexity index is 1280. The molecule has 1 aliphatic heterocycles. The average Bonchev–Trinajstić information content (AvgIpc) is 3.30. The van der Waals surface area contributed by atoms with Gasteiger partial charge in [-0.25, -0.2) is 17.8 Å². The number of sulfonamides is 1. The van der Waals surface area contributed by atoms with Crippen LogP contribution >= 0.6 is 11.3 Å². The number of nitrogens with one attached hydrogen (secondary N) is 1. The molecule has 0 bridgehead atoms. The number of nitrogens with zero attached hydrogens (tertiary/aromatic N) is 3.